The zero-order chi connectivity index (χ0) is 23.7. The number of hydrogen-bond acceptors (Lipinski definition) is 2. The van der Waals surface area contributed by atoms with Gasteiger partial charge in [0, 0.05) is 0 Å². The molecule has 0 aromatic heterocycles. The van der Waals surface area contributed by atoms with Gasteiger partial charge in [-0.1, -0.05) is 74.7 Å². The van der Waals surface area contributed by atoms with Crippen molar-refractivity contribution in [2.75, 3.05) is 0 Å². The Morgan fingerprint density at radius 3 is 2.09 bits per heavy atom. The Labute approximate surface area is 199 Å². The first kappa shape index (κ1) is 25.0. The highest BCUT2D eigenvalue weighted by Gasteiger charge is 2.70. The molecule has 0 amide bonds. The molecular weight excluding hydrogens is 392 g/mol. The molecule has 0 bridgehead atoms. The van der Waals surface area contributed by atoms with Crippen LogP contribution < -0.4 is 0 Å². The standard InChI is InChI=1S/C30H54O2/c1-19(2)10-9-11-20(3)21-12-16-30(8)26(21)22(31)18-24-28(6)15-14-25(32)27(4,5)23(28)13-17-29(24,30)7/h19-26,31-32H,9-18H2,1-8H3/t20-,21-,22-,23+,24-,25+,26+,28+,29-,30+/m1/s1. The fourth-order valence-corrected chi connectivity index (χ4v) is 10.5. The third-order valence-electron chi connectivity index (χ3n) is 12.6. The monoisotopic (exact) mass is 446 g/mol. The molecule has 32 heavy (non-hydrogen) atoms. The summed E-state index contributed by atoms with van der Waals surface area (Å²) >= 11 is 0. The van der Waals surface area contributed by atoms with Crippen molar-refractivity contribution in [3.8, 4) is 0 Å². The Morgan fingerprint density at radius 2 is 1.44 bits per heavy atom. The van der Waals surface area contributed by atoms with Gasteiger partial charge in [-0.15, -0.1) is 0 Å². The number of rotatable bonds is 5. The van der Waals surface area contributed by atoms with Crippen LogP contribution in [0.25, 0.3) is 0 Å². The highest BCUT2D eigenvalue weighted by molar-refractivity contribution is 5.19. The van der Waals surface area contributed by atoms with E-state index in [4.69, 9.17) is 0 Å². The van der Waals surface area contributed by atoms with Crippen molar-refractivity contribution in [3.05, 3.63) is 0 Å². The molecule has 0 radical (unpaired) electrons. The summed E-state index contributed by atoms with van der Waals surface area (Å²) in [6.45, 7) is 19.6. The normalized spacial score (nSPS) is 51.1. The summed E-state index contributed by atoms with van der Waals surface area (Å²) in [5, 5.41) is 22.6. The molecule has 0 aliphatic heterocycles. The number of hydrogen-bond donors (Lipinski definition) is 2. The maximum absolute atomic E-state index is 11.8. The molecule has 0 heterocycles. The topological polar surface area (TPSA) is 40.5 Å². The average molecular weight is 447 g/mol. The van der Waals surface area contributed by atoms with Crippen LogP contribution in [0.5, 0.6) is 0 Å². The molecule has 4 aliphatic carbocycles. The van der Waals surface area contributed by atoms with Crippen LogP contribution in [0.3, 0.4) is 0 Å². The van der Waals surface area contributed by atoms with Gasteiger partial charge in [-0.3, -0.25) is 0 Å². The average Bonchev–Trinajstić information content (AvgIpc) is 3.07. The molecule has 186 valence electrons. The van der Waals surface area contributed by atoms with Crippen molar-refractivity contribution in [2.24, 2.45) is 57.2 Å². The maximum atomic E-state index is 11.8. The molecular formula is C30H54O2. The van der Waals surface area contributed by atoms with Crippen LogP contribution in [-0.2, 0) is 0 Å². The summed E-state index contributed by atoms with van der Waals surface area (Å²) in [6.07, 6.45) is 11.9. The third-order valence-corrected chi connectivity index (χ3v) is 12.6. The van der Waals surface area contributed by atoms with Crippen LogP contribution in [0.15, 0.2) is 0 Å². The summed E-state index contributed by atoms with van der Waals surface area (Å²) in [6, 6.07) is 0. The van der Waals surface area contributed by atoms with Crippen LogP contribution in [0.1, 0.15) is 120 Å². The molecule has 2 N–H and O–H groups in total. The van der Waals surface area contributed by atoms with Crippen molar-refractivity contribution in [3.63, 3.8) is 0 Å². The smallest absolute Gasteiger partial charge is 0.0594 e. The minimum Gasteiger partial charge on any atom is -0.393 e. The lowest BCUT2D eigenvalue weighted by Crippen LogP contribution is -2.66. The number of aliphatic hydroxyl groups excluding tert-OH is 2. The van der Waals surface area contributed by atoms with E-state index in [1.807, 2.05) is 0 Å². The largest absolute Gasteiger partial charge is 0.393 e. The van der Waals surface area contributed by atoms with Gasteiger partial charge in [0.05, 0.1) is 12.2 Å². The molecule has 0 unspecified atom stereocenters. The second-order valence-electron chi connectivity index (χ2n) is 14.7. The Kier molecular flexibility index (Phi) is 6.45. The predicted octanol–water partition coefficient (Wildman–Crippen LogP) is 7.47. The van der Waals surface area contributed by atoms with Crippen LogP contribution in [0.4, 0.5) is 0 Å². The molecule has 2 nitrogen and oxygen atoms in total. The van der Waals surface area contributed by atoms with E-state index in [1.165, 1.54) is 44.9 Å². The maximum Gasteiger partial charge on any atom is 0.0594 e. The third kappa shape index (κ3) is 3.47. The van der Waals surface area contributed by atoms with Crippen molar-refractivity contribution in [2.45, 2.75) is 132 Å². The van der Waals surface area contributed by atoms with Gasteiger partial charge in [0.1, 0.15) is 0 Å². The van der Waals surface area contributed by atoms with E-state index in [1.54, 1.807) is 0 Å². The van der Waals surface area contributed by atoms with Crippen LogP contribution >= 0.6 is 0 Å². The second-order valence-corrected chi connectivity index (χ2v) is 14.7. The van der Waals surface area contributed by atoms with E-state index in [-0.39, 0.29) is 28.5 Å². The highest BCUT2D eigenvalue weighted by atomic mass is 16.3. The van der Waals surface area contributed by atoms with E-state index >= 15 is 0 Å². The van der Waals surface area contributed by atoms with Gasteiger partial charge >= 0.3 is 0 Å². The molecule has 10 atom stereocenters. The van der Waals surface area contributed by atoms with Gasteiger partial charge < -0.3 is 10.2 Å². The first-order chi connectivity index (χ1) is 14.8. The van der Waals surface area contributed by atoms with Crippen molar-refractivity contribution >= 4 is 0 Å². The lowest BCUT2D eigenvalue weighted by atomic mass is 9.35. The molecule has 4 aliphatic rings. The van der Waals surface area contributed by atoms with Gasteiger partial charge in [-0.05, 0) is 102 Å². The SMILES string of the molecule is CC(C)CCC[C@@H](C)[C@H]1CC[C@@]2(C)[C@@H]1[C@H](O)C[C@@H]1[C@@]3(C)CC[C@H](O)C(C)(C)[C@@H]3CC[C@]12C. The van der Waals surface area contributed by atoms with Gasteiger partial charge in [0.2, 0.25) is 0 Å². The Balaban J connectivity index is 1.61. The lowest BCUT2D eigenvalue weighted by molar-refractivity contribution is -0.242. The van der Waals surface area contributed by atoms with Gasteiger partial charge in [-0.25, -0.2) is 0 Å². The summed E-state index contributed by atoms with van der Waals surface area (Å²) in [4.78, 5) is 0. The van der Waals surface area contributed by atoms with Gasteiger partial charge in [-0.2, -0.15) is 0 Å². The van der Waals surface area contributed by atoms with E-state index < -0.39 is 0 Å². The highest BCUT2D eigenvalue weighted by Crippen LogP contribution is 2.75. The summed E-state index contributed by atoms with van der Waals surface area (Å²) < 4.78 is 0. The quantitative estimate of drug-likeness (QED) is 0.460. The molecule has 2 heteroatoms. The Bertz CT molecular complexity index is 684. The number of aliphatic hydroxyl groups is 2. The minimum atomic E-state index is -0.177. The Morgan fingerprint density at radius 1 is 0.781 bits per heavy atom. The fourth-order valence-electron chi connectivity index (χ4n) is 10.5. The molecule has 0 aromatic rings. The molecule has 0 aromatic carbocycles. The van der Waals surface area contributed by atoms with Crippen LogP contribution in [0.2, 0.25) is 0 Å². The van der Waals surface area contributed by atoms with E-state index in [0.717, 1.165) is 31.1 Å². The molecule has 0 spiro atoms. The van der Waals surface area contributed by atoms with Crippen LogP contribution in [0, 0.1) is 57.2 Å². The molecule has 0 saturated heterocycles. The van der Waals surface area contributed by atoms with Crippen molar-refractivity contribution in [1.29, 1.82) is 0 Å². The summed E-state index contributed by atoms with van der Waals surface area (Å²) in [5.41, 5.74) is 0.791. The lowest BCUT2D eigenvalue weighted by Gasteiger charge is -2.70. The zero-order valence-corrected chi connectivity index (χ0v) is 22.6. The zero-order valence-electron chi connectivity index (χ0n) is 22.6. The van der Waals surface area contributed by atoms with Gasteiger partial charge in [0.25, 0.3) is 0 Å². The first-order valence-electron chi connectivity index (χ1n) is 14.1. The summed E-state index contributed by atoms with van der Waals surface area (Å²) in [7, 11) is 0. The van der Waals surface area contributed by atoms with Crippen LogP contribution in [-0.4, -0.2) is 22.4 Å². The fraction of sp³-hybridized carbons (Fsp3) is 1.00. The Hall–Kier alpha value is -0.0800. The first-order valence-corrected chi connectivity index (χ1v) is 14.1. The molecule has 4 rings (SSSR count). The van der Waals surface area contributed by atoms with Gasteiger partial charge in [0.15, 0.2) is 0 Å². The van der Waals surface area contributed by atoms with E-state index in [0.29, 0.717) is 29.1 Å². The van der Waals surface area contributed by atoms with Crippen molar-refractivity contribution < 1.29 is 10.2 Å². The predicted molar refractivity (Wildman–Crippen MR) is 134 cm³/mol. The molecule has 4 saturated carbocycles. The minimum absolute atomic E-state index is 0.0137. The van der Waals surface area contributed by atoms with E-state index in [2.05, 4.69) is 55.4 Å². The second kappa shape index (κ2) is 8.25. The molecule has 4 fully saturated rings. The summed E-state index contributed by atoms with van der Waals surface area (Å²) in [5.74, 6) is 3.83. The van der Waals surface area contributed by atoms with Crippen molar-refractivity contribution in [1.82, 2.24) is 0 Å². The van der Waals surface area contributed by atoms with E-state index in [9.17, 15) is 10.2 Å². The number of fused-ring (bicyclic) bond motifs is 5.